The zero-order valence-electron chi connectivity index (χ0n) is 14.0. The Kier molecular flexibility index (Phi) is 5.91. The average molecular weight is 329 g/mol. The number of halogens is 1. The third-order valence-corrected chi connectivity index (χ3v) is 4.34. The van der Waals surface area contributed by atoms with Crippen molar-refractivity contribution in [3.8, 4) is 0 Å². The maximum absolute atomic E-state index is 13.3. The molecule has 1 aromatic carbocycles. The van der Waals surface area contributed by atoms with Crippen molar-refractivity contribution in [3.63, 3.8) is 0 Å². The Morgan fingerprint density at radius 2 is 2.00 bits per heavy atom. The molecule has 2 heterocycles. The van der Waals surface area contributed by atoms with Gasteiger partial charge in [-0.1, -0.05) is 24.3 Å². The highest BCUT2D eigenvalue weighted by atomic mass is 19.1. The summed E-state index contributed by atoms with van der Waals surface area (Å²) in [4.78, 5) is 6.32. The quantitative estimate of drug-likeness (QED) is 0.884. The summed E-state index contributed by atoms with van der Waals surface area (Å²) in [6.45, 7) is 7.35. The van der Waals surface area contributed by atoms with Crippen LogP contribution in [0.1, 0.15) is 29.7 Å². The van der Waals surface area contributed by atoms with Crippen molar-refractivity contribution < 1.29 is 9.13 Å². The first kappa shape index (κ1) is 17.0. The van der Waals surface area contributed by atoms with Crippen molar-refractivity contribution >= 4 is 0 Å². The van der Waals surface area contributed by atoms with Crippen LogP contribution in [0.3, 0.4) is 0 Å². The van der Waals surface area contributed by atoms with Gasteiger partial charge in [0, 0.05) is 38.4 Å². The van der Waals surface area contributed by atoms with Crippen molar-refractivity contribution in [2.45, 2.75) is 26.1 Å². The number of nitrogens with zero attached hydrogens (tertiary/aromatic N) is 2. The molecule has 5 heteroatoms. The number of hydrogen-bond donors (Lipinski definition) is 1. The average Bonchev–Trinajstić information content (AvgIpc) is 2.61. The Morgan fingerprint density at radius 1 is 1.21 bits per heavy atom. The number of hydrogen-bond acceptors (Lipinski definition) is 4. The van der Waals surface area contributed by atoms with Crippen LogP contribution in [-0.2, 0) is 17.8 Å². The Labute approximate surface area is 142 Å². The number of nitrogens with one attached hydrogen (secondary N) is 1. The van der Waals surface area contributed by atoms with Crippen molar-refractivity contribution in [2.24, 2.45) is 0 Å². The summed E-state index contributed by atoms with van der Waals surface area (Å²) in [5, 5.41) is 3.43. The van der Waals surface area contributed by atoms with Crippen LogP contribution in [-0.4, -0.2) is 36.2 Å². The Morgan fingerprint density at radius 3 is 2.79 bits per heavy atom. The monoisotopic (exact) mass is 329 g/mol. The molecule has 0 amide bonds. The van der Waals surface area contributed by atoms with Crippen LogP contribution in [0.5, 0.6) is 0 Å². The Bertz CT molecular complexity index is 659. The molecule has 0 radical (unpaired) electrons. The predicted octanol–water partition coefficient (Wildman–Crippen LogP) is 2.90. The summed E-state index contributed by atoms with van der Waals surface area (Å²) in [7, 11) is 0. The predicted molar refractivity (Wildman–Crippen MR) is 92.0 cm³/mol. The number of morpholine rings is 1. The van der Waals surface area contributed by atoms with Gasteiger partial charge in [0.05, 0.1) is 19.4 Å². The SMILES string of the molecule is C[C@@H](NCc1cccc(CN2CCOCC2)c1)c1cncc(F)c1. The topological polar surface area (TPSA) is 37.4 Å². The normalized spacial score (nSPS) is 16.9. The van der Waals surface area contributed by atoms with E-state index < -0.39 is 0 Å². The second-order valence-electron chi connectivity index (χ2n) is 6.25. The second kappa shape index (κ2) is 8.33. The lowest BCUT2D eigenvalue weighted by Gasteiger charge is -2.26. The summed E-state index contributed by atoms with van der Waals surface area (Å²) in [5.74, 6) is -0.298. The molecule has 1 atom stereocenters. The second-order valence-corrected chi connectivity index (χ2v) is 6.25. The molecular weight excluding hydrogens is 305 g/mol. The first-order valence-corrected chi connectivity index (χ1v) is 8.42. The van der Waals surface area contributed by atoms with Crippen LogP contribution >= 0.6 is 0 Å². The molecule has 0 unspecified atom stereocenters. The molecule has 0 saturated carbocycles. The highest BCUT2D eigenvalue weighted by Crippen LogP contribution is 2.14. The van der Waals surface area contributed by atoms with Gasteiger partial charge in [0.15, 0.2) is 0 Å². The van der Waals surface area contributed by atoms with Crippen LogP contribution in [0.4, 0.5) is 4.39 Å². The van der Waals surface area contributed by atoms with E-state index >= 15 is 0 Å². The molecule has 0 spiro atoms. The lowest BCUT2D eigenvalue weighted by Crippen LogP contribution is -2.35. The van der Waals surface area contributed by atoms with Crippen molar-refractivity contribution in [2.75, 3.05) is 26.3 Å². The standard InChI is InChI=1S/C19H24FN3O/c1-15(18-10-19(20)13-21-12-18)22-11-16-3-2-4-17(9-16)14-23-5-7-24-8-6-23/h2-4,9-10,12-13,15,22H,5-8,11,14H2,1H3/t15-/m1/s1. The van der Waals surface area contributed by atoms with E-state index in [-0.39, 0.29) is 11.9 Å². The third-order valence-electron chi connectivity index (χ3n) is 4.34. The van der Waals surface area contributed by atoms with Crippen LogP contribution in [0.2, 0.25) is 0 Å². The molecule has 1 saturated heterocycles. The van der Waals surface area contributed by atoms with Gasteiger partial charge >= 0.3 is 0 Å². The number of ether oxygens (including phenoxy) is 1. The fourth-order valence-electron chi connectivity index (χ4n) is 2.91. The van der Waals surface area contributed by atoms with E-state index in [0.29, 0.717) is 0 Å². The fraction of sp³-hybridized carbons (Fsp3) is 0.421. The summed E-state index contributed by atoms with van der Waals surface area (Å²) in [5.41, 5.74) is 3.41. The highest BCUT2D eigenvalue weighted by Gasteiger charge is 2.11. The molecule has 0 aliphatic carbocycles. The Balaban J connectivity index is 1.56. The number of aromatic nitrogens is 1. The molecule has 1 aliphatic rings. The minimum absolute atomic E-state index is 0.0519. The zero-order chi connectivity index (χ0) is 16.8. The first-order valence-electron chi connectivity index (χ1n) is 8.42. The molecule has 1 fully saturated rings. The van der Waals surface area contributed by atoms with Gasteiger partial charge in [-0.15, -0.1) is 0 Å². The van der Waals surface area contributed by atoms with Crippen LogP contribution in [0.15, 0.2) is 42.7 Å². The Hall–Kier alpha value is -1.82. The molecule has 1 aromatic heterocycles. The molecule has 4 nitrogen and oxygen atoms in total. The molecule has 1 N–H and O–H groups in total. The van der Waals surface area contributed by atoms with Gasteiger partial charge in [-0.25, -0.2) is 4.39 Å². The van der Waals surface area contributed by atoms with E-state index in [1.807, 2.05) is 6.92 Å². The number of rotatable bonds is 6. The summed E-state index contributed by atoms with van der Waals surface area (Å²) in [6.07, 6.45) is 2.93. The van der Waals surface area contributed by atoms with Crippen molar-refractivity contribution in [1.29, 1.82) is 0 Å². The van der Waals surface area contributed by atoms with E-state index in [1.165, 1.54) is 23.4 Å². The summed E-state index contributed by atoms with van der Waals surface area (Å²) >= 11 is 0. The van der Waals surface area contributed by atoms with Gasteiger partial charge in [-0.3, -0.25) is 9.88 Å². The van der Waals surface area contributed by atoms with Gasteiger partial charge in [0.2, 0.25) is 0 Å². The van der Waals surface area contributed by atoms with Crippen molar-refractivity contribution in [1.82, 2.24) is 15.2 Å². The fourth-order valence-corrected chi connectivity index (χ4v) is 2.91. The minimum atomic E-state index is -0.298. The van der Waals surface area contributed by atoms with E-state index in [0.717, 1.165) is 45.0 Å². The van der Waals surface area contributed by atoms with Crippen LogP contribution in [0.25, 0.3) is 0 Å². The molecular formula is C19H24FN3O. The summed E-state index contributed by atoms with van der Waals surface area (Å²) < 4.78 is 18.7. The van der Waals surface area contributed by atoms with Crippen LogP contribution < -0.4 is 5.32 Å². The van der Waals surface area contributed by atoms with Gasteiger partial charge in [-0.05, 0) is 29.7 Å². The van der Waals surface area contributed by atoms with Gasteiger partial charge < -0.3 is 10.1 Å². The van der Waals surface area contributed by atoms with Crippen LogP contribution in [0, 0.1) is 5.82 Å². The molecule has 128 valence electrons. The maximum atomic E-state index is 13.3. The van der Waals surface area contributed by atoms with E-state index in [4.69, 9.17) is 4.74 Å². The molecule has 0 bridgehead atoms. The lowest BCUT2D eigenvalue weighted by molar-refractivity contribution is 0.0342. The lowest BCUT2D eigenvalue weighted by atomic mass is 10.1. The first-order chi connectivity index (χ1) is 11.7. The molecule has 3 rings (SSSR count). The largest absolute Gasteiger partial charge is 0.379 e. The van der Waals surface area contributed by atoms with Gasteiger partial charge in [0.25, 0.3) is 0 Å². The third kappa shape index (κ3) is 4.84. The summed E-state index contributed by atoms with van der Waals surface area (Å²) in [6, 6.07) is 10.2. The minimum Gasteiger partial charge on any atom is -0.379 e. The van der Waals surface area contributed by atoms with E-state index in [2.05, 4.69) is 39.5 Å². The molecule has 2 aromatic rings. The van der Waals surface area contributed by atoms with E-state index in [9.17, 15) is 4.39 Å². The smallest absolute Gasteiger partial charge is 0.141 e. The highest BCUT2D eigenvalue weighted by molar-refractivity contribution is 5.24. The number of benzene rings is 1. The van der Waals surface area contributed by atoms with Gasteiger partial charge in [0.1, 0.15) is 5.82 Å². The zero-order valence-corrected chi connectivity index (χ0v) is 14.0. The van der Waals surface area contributed by atoms with E-state index in [1.54, 1.807) is 6.20 Å². The molecule has 1 aliphatic heterocycles. The molecule has 24 heavy (non-hydrogen) atoms. The van der Waals surface area contributed by atoms with Crippen molar-refractivity contribution in [3.05, 3.63) is 65.2 Å². The maximum Gasteiger partial charge on any atom is 0.141 e. The van der Waals surface area contributed by atoms with Gasteiger partial charge in [-0.2, -0.15) is 0 Å². The number of pyridine rings is 1.